The topological polar surface area (TPSA) is 118 Å². The van der Waals surface area contributed by atoms with Gasteiger partial charge in [0.15, 0.2) is 0 Å². The van der Waals surface area contributed by atoms with Gasteiger partial charge in [-0.15, -0.1) is 0 Å². The van der Waals surface area contributed by atoms with Crippen molar-refractivity contribution in [3.05, 3.63) is 69.0 Å². The minimum Gasteiger partial charge on any atom is -0.711 e. The van der Waals surface area contributed by atoms with Crippen molar-refractivity contribution in [1.29, 1.82) is 5.26 Å². The Morgan fingerprint density at radius 3 is 2.74 bits per heavy atom. The summed E-state index contributed by atoms with van der Waals surface area (Å²) >= 11 is 0. The first kappa shape index (κ1) is 23.1. The summed E-state index contributed by atoms with van der Waals surface area (Å²) in [5, 5.41) is 23.3. The molecular weight excluding hydrogens is 442 g/mol. The Morgan fingerprint density at radius 1 is 1.14 bits per heavy atom. The summed E-state index contributed by atoms with van der Waals surface area (Å²) in [7, 11) is 0. The monoisotopic (exact) mass is 473 g/mol. The Bertz CT molecular complexity index is 1320. The van der Waals surface area contributed by atoms with Crippen LogP contribution in [0, 0.1) is 22.5 Å². The molecule has 3 heterocycles. The lowest BCUT2D eigenvalue weighted by Crippen LogP contribution is -2.51. The average molecular weight is 474 g/mol. The SMILES string of the molecule is N#CC1CCc2c([n+]([O-])c(CCCCN3CCN(c4ccc5ccccc5n4)CC3)n(N)c2=O)C1. The first-order valence-electron chi connectivity index (χ1n) is 12.4. The molecular formula is C26H31N7O2. The van der Waals surface area contributed by atoms with Crippen LogP contribution in [0.5, 0.6) is 0 Å². The zero-order valence-electron chi connectivity index (χ0n) is 19.9. The molecule has 0 bridgehead atoms. The molecule has 1 aliphatic heterocycles. The predicted molar refractivity (Wildman–Crippen MR) is 134 cm³/mol. The highest BCUT2D eigenvalue weighted by atomic mass is 16.5. The Hall–Kier alpha value is -3.64. The van der Waals surface area contributed by atoms with Crippen LogP contribution in [0.25, 0.3) is 10.9 Å². The molecule has 2 aromatic heterocycles. The van der Waals surface area contributed by atoms with E-state index >= 15 is 0 Å². The van der Waals surface area contributed by atoms with Crippen molar-refractivity contribution >= 4 is 16.7 Å². The van der Waals surface area contributed by atoms with E-state index in [1.54, 1.807) is 0 Å². The second-order valence-corrected chi connectivity index (χ2v) is 9.53. The van der Waals surface area contributed by atoms with E-state index in [4.69, 9.17) is 10.8 Å². The quantitative estimate of drug-likeness (QED) is 0.250. The summed E-state index contributed by atoms with van der Waals surface area (Å²) < 4.78 is 1.84. The minimum absolute atomic E-state index is 0.216. The largest absolute Gasteiger partial charge is 0.711 e. The van der Waals surface area contributed by atoms with Gasteiger partial charge in [0.1, 0.15) is 11.5 Å². The van der Waals surface area contributed by atoms with Gasteiger partial charge in [-0.2, -0.15) is 5.26 Å². The first-order chi connectivity index (χ1) is 17.0. The molecule has 0 radical (unpaired) electrons. The Kier molecular flexibility index (Phi) is 6.55. The van der Waals surface area contributed by atoms with Gasteiger partial charge in [-0.3, -0.25) is 10.7 Å². The van der Waals surface area contributed by atoms with Gasteiger partial charge in [0, 0.05) is 38.0 Å². The second kappa shape index (κ2) is 9.92. The number of anilines is 1. The van der Waals surface area contributed by atoms with Gasteiger partial charge < -0.3 is 10.1 Å². The van der Waals surface area contributed by atoms with Crippen LogP contribution in [-0.4, -0.2) is 47.3 Å². The molecule has 1 unspecified atom stereocenters. The smallest absolute Gasteiger partial charge is 0.363 e. The van der Waals surface area contributed by atoms with Gasteiger partial charge >= 0.3 is 5.56 Å². The van der Waals surface area contributed by atoms with Crippen molar-refractivity contribution in [1.82, 2.24) is 14.6 Å². The third-order valence-corrected chi connectivity index (χ3v) is 7.35. The number of nitrogens with zero attached hydrogens (tertiary/aromatic N) is 6. The minimum atomic E-state index is -0.295. The molecule has 0 saturated carbocycles. The molecule has 2 N–H and O–H groups in total. The van der Waals surface area contributed by atoms with Crippen molar-refractivity contribution in [2.75, 3.05) is 43.5 Å². The molecule has 3 aromatic rings. The maximum Gasteiger partial charge on any atom is 0.363 e. The number of benzene rings is 1. The lowest BCUT2D eigenvalue weighted by Gasteiger charge is -2.35. The summed E-state index contributed by atoms with van der Waals surface area (Å²) in [6.45, 7) is 4.73. The van der Waals surface area contributed by atoms with E-state index in [9.17, 15) is 15.3 Å². The van der Waals surface area contributed by atoms with Crippen LogP contribution in [0.3, 0.4) is 0 Å². The highest BCUT2D eigenvalue weighted by Gasteiger charge is 2.30. The Balaban J connectivity index is 1.14. The fraction of sp³-hybridized carbons (Fsp3) is 0.462. The van der Waals surface area contributed by atoms with E-state index in [-0.39, 0.29) is 11.5 Å². The van der Waals surface area contributed by atoms with Gasteiger partial charge in [-0.1, -0.05) is 22.9 Å². The van der Waals surface area contributed by atoms with Gasteiger partial charge in [-0.05, 0) is 50.4 Å². The van der Waals surface area contributed by atoms with Crippen LogP contribution in [0.2, 0.25) is 0 Å². The van der Waals surface area contributed by atoms with Crippen LogP contribution < -0.4 is 21.0 Å². The lowest BCUT2D eigenvalue weighted by molar-refractivity contribution is -0.629. The number of fused-ring (bicyclic) bond motifs is 2. The number of pyridine rings is 1. The number of unbranched alkanes of at least 4 members (excludes halogenated alkanes) is 1. The van der Waals surface area contributed by atoms with Gasteiger partial charge in [0.25, 0.3) is 5.82 Å². The normalized spacial score (nSPS) is 18.4. The number of nitrogens with two attached hydrogens (primary N) is 1. The maximum absolute atomic E-state index is 12.9. The van der Waals surface area contributed by atoms with Crippen LogP contribution >= 0.6 is 0 Å². The molecule has 2 aliphatic rings. The molecule has 1 fully saturated rings. The van der Waals surface area contributed by atoms with Gasteiger partial charge in [-0.25, -0.2) is 14.5 Å². The van der Waals surface area contributed by atoms with Gasteiger partial charge in [0.2, 0.25) is 0 Å². The summed E-state index contributed by atoms with van der Waals surface area (Å²) in [5.41, 5.74) is 1.63. The number of hydrogen-bond donors (Lipinski definition) is 1. The molecule has 9 heteroatoms. The van der Waals surface area contributed by atoms with Crippen molar-refractivity contribution in [3.8, 4) is 6.07 Å². The molecule has 35 heavy (non-hydrogen) atoms. The van der Waals surface area contributed by atoms with Crippen molar-refractivity contribution in [2.24, 2.45) is 5.92 Å². The number of aromatic nitrogens is 3. The van der Waals surface area contributed by atoms with E-state index in [0.29, 0.717) is 42.8 Å². The average Bonchev–Trinajstić information content (AvgIpc) is 2.91. The predicted octanol–water partition coefficient (Wildman–Crippen LogP) is 1.52. The fourth-order valence-electron chi connectivity index (χ4n) is 5.26. The van der Waals surface area contributed by atoms with E-state index in [0.717, 1.165) is 71.7 Å². The molecule has 1 saturated heterocycles. The summed E-state index contributed by atoms with van der Waals surface area (Å²) in [6.07, 6.45) is 3.50. The zero-order chi connectivity index (χ0) is 24.4. The number of piperazine rings is 1. The fourth-order valence-corrected chi connectivity index (χ4v) is 5.26. The van der Waals surface area contributed by atoms with E-state index < -0.39 is 0 Å². The molecule has 0 amide bonds. The molecule has 1 aliphatic carbocycles. The first-order valence-corrected chi connectivity index (χ1v) is 12.4. The van der Waals surface area contributed by atoms with Gasteiger partial charge in [0.05, 0.1) is 29.5 Å². The standard InChI is InChI=1S/C26H31N7O2/c27-18-19-8-10-21-23(17-19)33(35)25(32(28)26(21)34)7-3-4-12-30-13-15-31(16-14-30)24-11-9-20-5-1-2-6-22(20)29-24/h1-2,5-6,9,11,19H,3-4,7-8,10,12-17,28H2. The van der Waals surface area contributed by atoms with Crippen molar-refractivity contribution < 1.29 is 4.73 Å². The van der Waals surface area contributed by atoms with Crippen molar-refractivity contribution in [3.63, 3.8) is 0 Å². The molecule has 9 nitrogen and oxygen atoms in total. The van der Waals surface area contributed by atoms with Crippen LogP contribution in [0.4, 0.5) is 5.82 Å². The maximum atomic E-state index is 12.9. The zero-order valence-corrected chi connectivity index (χ0v) is 19.9. The molecule has 5 rings (SSSR count). The molecule has 0 spiro atoms. The number of nitrogen functional groups attached to an aromatic ring is 1. The summed E-state index contributed by atoms with van der Waals surface area (Å²) in [6, 6.07) is 14.6. The van der Waals surface area contributed by atoms with E-state index in [2.05, 4.69) is 34.1 Å². The molecule has 1 aromatic carbocycles. The number of para-hydroxylation sites is 1. The molecule has 1 atom stereocenters. The van der Waals surface area contributed by atoms with Crippen LogP contribution in [0.1, 0.15) is 36.3 Å². The molecule has 182 valence electrons. The second-order valence-electron chi connectivity index (χ2n) is 9.53. The van der Waals surface area contributed by atoms with E-state index in [1.807, 2.05) is 18.2 Å². The number of hydrogen-bond acceptors (Lipinski definition) is 7. The third-order valence-electron chi connectivity index (χ3n) is 7.35. The lowest BCUT2D eigenvalue weighted by atomic mass is 9.88. The summed E-state index contributed by atoms with van der Waals surface area (Å²) in [5.74, 6) is 7.10. The van der Waals surface area contributed by atoms with Crippen LogP contribution in [0.15, 0.2) is 41.2 Å². The highest BCUT2D eigenvalue weighted by molar-refractivity contribution is 5.80. The number of rotatable bonds is 6. The third kappa shape index (κ3) is 4.66. The number of nitriles is 1. The summed E-state index contributed by atoms with van der Waals surface area (Å²) in [4.78, 5) is 22.2. The Labute approximate surface area is 204 Å². The van der Waals surface area contributed by atoms with E-state index in [1.165, 1.54) is 0 Å². The van der Waals surface area contributed by atoms with Crippen LogP contribution in [-0.2, 0) is 19.3 Å². The Morgan fingerprint density at radius 2 is 1.94 bits per heavy atom. The van der Waals surface area contributed by atoms with Crippen molar-refractivity contribution in [2.45, 2.75) is 38.5 Å². The highest BCUT2D eigenvalue weighted by Crippen LogP contribution is 2.21.